The molecule has 0 aromatic heterocycles. The third-order valence-electron chi connectivity index (χ3n) is 3.96. The van der Waals surface area contributed by atoms with E-state index in [9.17, 15) is 19.2 Å². The predicted molar refractivity (Wildman–Crippen MR) is 105 cm³/mol. The molecule has 2 aromatic carbocycles. The molecule has 1 fully saturated rings. The Hall–Kier alpha value is -3.33. The number of ether oxygens (including phenoxy) is 1. The molecule has 9 heteroatoms. The number of aliphatic imine (C=N–C) groups is 1. The van der Waals surface area contributed by atoms with Crippen molar-refractivity contribution in [3.05, 3.63) is 58.6 Å². The van der Waals surface area contributed by atoms with Crippen LogP contribution >= 0.6 is 15.9 Å². The van der Waals surface area contributed by atoms with Crippen molar-refractivity contribution in [3.8, 4) is 0 Å². The van der Waals surface area contributed by atoms with Crippen LogP contribution in [0.3, 0.4) is 0 Å². The molecule has 2 aromatic rings. The van der Waals surface area contributed by atoms with Gasteiger partial charge in [0.15, 0.2) is 5.92 Å². The van der Waals surface area contributed by atoms with Crippen LogP contribution < -0.4 is 10.2 Å². The van der Waals surface area contributed by atoms with Gasteiger partial charge in [-0.2, -0.15) is 0 Å². The van der Waals surface area contributed by atoms with Crippen molar-refractivity contribution in [2.45, 2.75) is 0 Å². The number of benzene rings is 2. The summed E-state index contributed by atoms with van der Waals surface area (Å²) < 4.78 is 5.47. The standard InChI is InChI=1S/C19H14BrN3O5/c1-28-18(26)13-4-2-3-5-15(13)21-10-14-16(24)22-19(27)23(17(14)25)12-8-6-11(20)7-9-12/h2-10,14H,1H3,(H,22,24,27)/t14-/m1/s1. The number of urea groups is 1. The van der Waals surface area contributed by atoms with Gasteiger partial charge in [-0.15, -0.1) is 0 Å². The third-order valence-corrected chi connectivity index (χ3v) is 4.49. The van der Waals surface area contributed by atoms with Gasteiger partial charge in [-0.25, -0.2) is 14.5 Å². The SMILES string of the molecule is COC(=O)c1ccccc1N=C[C@@H]1C(=O)NC(=O)N(c2ccc(Br)cc2)C1=O. The van der Waals surface area contributed by atoms with Crippen LogP contribution in [0.1, 0.15) is 10.4 Å². The molecule has 3 rings (SSSR count). The average molecular weight is 444 g/mol. The molecule has 1 aliphatic heterocycles. The maximum atomic E-state index is 12.8. The van der Waals surface area contributed by atoms with E-state index in [2.05, 4.69) is 26.2 Å². The van der Waals surface area contributed by atoms with Crippen LogP contribution in [0.5, 0.6) is 0 Å². The molecular formula is C19H14BrN3O5. The summed E-state index contributed by atoms with van der Waals surface area (Å²) in [6.07, 6.45) is 1.11. The maximum absolute atomic E-state index is 12.8. The van der Waals surface area contributed by atoms with Gasteiger partial charge in [0.2, 0.25) is 5.91 Å². The number of nitrogens with zero attached hydrogens (tertiary/aromatic N) is 2. The maximum Gasteiger partial charge on any atom is 0.340 e. The Balaban J connectivity index is 1.91. The normalized spacial score (nSPS) is 17.0. The molecule has 0 saturated carbocycles. The van der Waals surface area contributed by atoms with Gasteiger partial charge in [-0.3, -0.25) is 19.9 Å². The van der Waals surface area contributed by atoms with Crippen molar-refractivity contribution in [2.24, 2.45) is 10.9 Å². The number of nitrogens with one attached hydrogen (secondary N) is 1. The molecule has 142 valence electrons. The van der Waals surface area contributed by atoms with E-state index in [1.54, 1.807) is 42.5 Å². The van der Waals surface area contributed by atoms with Gasteiger partial charge in [-0.05, 0) is 36.4 Å². The zero-order valence-electron chi connectivity index (χ0n) is 14.6. The van der Waals surface area contributed by atoms with Crippen molar-refractivity contribution in [1.82, 2.24) is 5.32 Å². The second-order valence-electron chi connectivity index (χ2n) is 5.71. The number of rotatable bonds is 4. The molecular weight excluding hydrogens is 430 g/mol. The lowest BCUT2D eigenvalue weighted by Gasteiger charge is -2.28. The monoisotopic (exact) mass is 443 g/mol. The number of para-hydroxylation sites is 1. The minimum atomic E-state index is -1.33. The molecule has 0 radical (unpaired) electrons. The number of esters is 1. The highest BCUT2D eigenvalue weighted by Gasteiger charge is 2.40. The Morgan fingerprint density at radius 1 is 1.14 bits per heavy atom. The predicted octanol–water partition coefficient (Wildman–Crippen LogP) is 2.84. The van der Waals surface area contributed by atoms with Crippen LogP contribution in [-0.2, 0) is 14.3 Å². The number of imide groups is 2. The van der Waals surface area contributed by atoms with Gasteiger partial charge < -0.3 is 4.74 Å². The summed E-state index contributed by atoms with van der Waals surface area (Å²) in [5.74, 6) is -3.45. The van der Waals surface area contributed by atoms with E-state index in [0.29, 0.717) is 5.69 Å². The van der Waals surface area contributed by atoms with Gasteiger partial charge in [0.05, 0.1) is 24.0 Å². The van der Waals surface area contributed by atoms with E-state index < -0.39 is 29.7 Å². The van der Waals surface area contributed by atoms with Crippen molar-refractivity contribution in [2.75, 3.05) is 12.0 Å². The molecule has 0 aliphatic carbocycles. The Morgan fingerprint density at radius 3 is 2.50 bits per heavy atom. The van der Waals surface area contributed by atoms with Crippen molar-refractivity contribution in [1.29, 1.82) is 0 Å². The second-order valence-corrected chi connectivity index (χ2v) is 6.62. The van der Waals surface area contributed by atoms with Crippen LogP contribution in [0.4, 0.5) is 16.2 Å². The Morgan fingerprint density at radius 2 is 1.82 bits per heavy atom. The Kier molecular flexibility index (Phi) is 5.65. The highest BCUT2D eigenvalue weighted by atomic mass is 79.9. The van der Waals surface area contributed by atoms with Crippen LogP contribution in [-0.4, -0.2) is 37.1 Å². The summed E-state index contributed by atoms with van der Waals surface area (Å²) in [5.41, 5.74) is 0.736. The van der Waals surface area contributed by atoms with Crippen molar-refractivity contribution in [3.63, 3.8) is 0 Å². The van der Waals surface area contributed by atoms with E-state index in [-0.39, 0.29) is 11.3 Å². The fourth-order valence-corrected chi connectivity index (χ4v) is 2.84. The third kappa shape index (κ3) is 3.84. The summed E-state index contributed by atoms with van der Waals surface area (Å²) in [5, 5.41) is 2.14. The fraction of sp³-hybridized carbons (Fsp3) is 0.105. The Labute approximate surface area is 168 Å². The number of carbonyl (C=O) groups is 4. The number of barbiturate groups is 1. The first-order valence-electron chi connectivity index (χ1n) is 8.08. The van der Waals surface area contributed by atoms with Gasteiger partial charge in [-0.1, -0.05) is 28.1 Å². The first-order valence-corrected chi connectivity index (χ1v) is 8.87. The molecule has 1 atom stereocenters. The van der Waals surface area contributed by atoms with Gasteiger partial charge in [0.1, 0.15) is 0 Å². The largest absolute Gasteiger partial charge is 0.465 e. The summed E-state index contributed by atoms with van der Waals surface area (Å²) in [4.78, 5) is 53.9. The molecule has 4 amide bonds. The van der Waals surface area contributed by atoms with Crippen LogP contribution in [0.2, 0.25) is 0 Å². The highest BCUT2D eigenvalue weighted by Crippen LogP contribution is 2.24. The summed E-state index contributed by atoms with van der Waals surface area (Å²) in [7, 11) is 1.24. The Bertz CT molecular complexity index is 987. The molecule has 28 heavy (non-hydrogen) atoms. The van der Waals surface area contributed by atoms with Gasteiger partial charge in [0.25, 0.3) is 5.91 Å². The molecule has 0 bridgehead atoms. The number of amides is 4. The summed E-state index contributed by atoms with van der Waals surface area (Å²) in [6, 6.07) is 12.0. The number of halogens is 1. The van der Waals surface area contributed by atoms with Crippen molar-refractivity contribution < 1.29 is 23.9 Å². The lowest BCUT2D eigenvalue weighted by molar-refractivity contribution is -0.131. The highest BCUT2D eigenvalue weighted by molar-refractivity contribution is 9.10. The zero-order chi connectivity index (χ0) is 20.3. The number of carbonyl (C=O) groups excluding carboxylic acids is 4. The topological polar surface area (TPSA) is 105 Å². The molecule has 1 heterocycles. The molecule has 8 nitrogen and oxygen atoms in total. The first kappa shape index (κ1) is 19.4. The van der Waals surface area contributed by atoms with Crippen LogP contribution in [0.15, 0.2) is 58.0 Å². The van der Waals surface area contributed by atoms with E-state index >= 15 is 0 Å². The molecule has 1 aliphatic rings. The zero-order valence-corrected chi connectivity index (χ0v) is 16.2. The van der Waals surface area contributed by atoms with Crippen LogP contribution in [0.25, 0.3) is 0 Å². The molecule has 1 saturated heterocycles. The van der Waals surface area contributed by atoms with E-state index in [4.69, 9.17) is 4.74 Å². The summed E-state index contributed by atoms with van der Waals surface area (Å²) in [6.45, 7) is 0. The second kappa shape index (κ2) is 8.13. The quantitative estimate of drug-likeness (QED) is 0.444. The average Bonchev–Trinajstić information content (AvgIpc) is 2.68. The number of methoxy groups -OCH3 is 1. The fourth-order valence-electron chi connectivity index (χ4n) is 2.58. The molecule has 0 spiro atoms. The van der Waals surface area contributed by atoms with Gasteiger partial charge in [0, 0.05) is 10.7 Å². The van der Waals surface area contributed by atoms with E-state index in [1.807, 2.05) is 0 Å². The van der Waals surface area contributed by atoms with E-state index in [1.165, 1.54) is 13.2 Å². The number of hydrogen-bond acceptors (Lipinski definition) is 6. The lowest BCUT2D eigenvalue weighted by Crippen LogP contribution is -2.58. The number of anilines is 1. The minimum absolute atomic E-state index is 0.186. The minimum Gasteiger partial charge on any atom is -0.465 e. The smallest absolute Gasteiger partial charge is 0.340 e. The molecule has 1 N–H and O–H groups in total. The van der Waals surface area contributed by atoms with Crippen LogP contribution in [0, 0.1) is 5.92 Å². The molecule has 0 unspecified atom stereocenters. The van der Waals surface area contributed by atoms with Gasteiger partial charge >= 0.3 is 12.0 Å². The first-order chi connectivity index (χ1) is 13.4. The summed E-state index contributed by atoms with van der Waals surface area (Å²) >= 11 is 3.28. The van der Waals surface area contributed by atoms with Crippen molar-refractivity contribution >= 4 is 57.3 Å². The van der Waals surface area contributed by atoms with E-state index in [0.717, 1.165) is 15.6 Å². The number of hydrogen-bond donors (Lipinski definition) is 1. The lowest BCUT2D eigenvalue weighted by atomic mass is 10.1.